The summed E-state index contributed by atoms with van der Waals surface area (Å²) in [6.07, 6.45) is 5.83. The molecule has 1 fully saturated rings. The fraction of sp³-hybridized carbons (Fsp3) is 0.238. The number of anilines is 1. The van der Waals surface area contributed by atoms with Crippen molar-refractivity contribution in [1.82, 2.24) is 19.3 Å². The Labute approximate surface area is 162 Å². The van der Waals surface area contributed by atoms with Gasteiger partial charge in [-0.1, -0.05) is 36.4 Å². The van der Waals surface area contributed by atoms with Gasteiger partial charge in [0.2, 0.25) is 0 Å². The Kier molecular flexibility index (Phi) is 4.35. The summed E-state index contributed by atoms with van der Waals surface area (Å²) < 4.78 is 2.15. The van der Waals surface area contributed by atoms with Crippen LogP contribution in [0.3, 0.4) is 0 Å². The van der Waals surface area contributed by atoms with Crippen molar-refractivity contribution in [3.63, 3.8) is 0 Å². The third-order valence-electron chi connectivity index (χ3n) is 5.11. The van der Waals surface area contributed by atoms with E-state index in [9.17, 15) is 0 Å². The highest BCUT2D eigenvalue weighted by Crippen LogP contribution is 2.26. The van der Waals surface area contributed by atoms with Gasteiger partial charge >= 0.3 is 0 Å². The summed E-state index contributed by atoms with van der Waals surface area (Å²) in [7, 11) is 0. The Morgan fingerprint density at radius 2 is 1.78 bits per heavy atom. The van der Waals surface area contributed by atoms with Crippen molar-refractivity contribution in [2.45, 2.75) is 6.54 Å². The fourth-order valence-corrected chi connectivity index (χ4v) is 4.44. The zero-order valence-corrected chi connectivity index (χ0v) is 15.8. The first kappa shape index (κ1) is 16.5. The quantitative estimate of drug-likeness (QED) is 0.544. The second-order valence-electron chi connectivity index (χ2n) is 6.80. The molecule has 6 heteroatoms. The SMILES string of the molecule is c1ccc(-c2cnc3c(N4CCN(Cc5cccs5)CC4)nccn23)cc1. The van der Waals surface area contributed by atoms with E-state index in [0.717, 1.165) is 49.9 Å². The van der Waals surface area contributed by atoms with Gasteiger partial charge < -0.3 is 4.90 Å². The maximum atomic E-state index is 4.70. The van der Waals surface area contributed by atoms with Crippen molar-refractivity contribution in [2.24, 2.45) is 0 Å². The lowest BCUT2D eigenvalue weighted by molar-refractivity contribution is 0.251. The zero-order chi connectivity index (χ0) is 18.1. The Bertz CT molecular complexity index is 1020. The molecule has 5 rings (SSSR count). The Hall–Kier alpha value is -2.70. The molecular formula is C21H21N5S. The van der Waals surface area contributed by atoms with Crippen LogP contribution in [0.5, 0.6) is 0 Å². The summed E-state index contributed by atoms with van der Waals surface area (Å²) in [5, 5.41) is 2.15. The summed E-state index contributed by atoms with van der Waals surface area (Å²) >= 11 is 1.84. The second-order valence-corrected chi connectivity index (χ2v) is 7.83. The van der Waals surface area contributed by atoms with Crippen molar-refractivity contribution in [1.29, 1.82) is 0 Å². The number of hydrogen-bond donors (Lipinski definition) is 0. The van der Waals surface area contributed by atoms with Crippen molar-refractivity contribution in [3.8, 4) is 11.3 Å². The molecule has 0 unspecified atom stereocenters. The van der Waals surface area contributed by atoms with Crippen LogP contribution in [0.1, 0.15) is 4.88 Å². The van der Waals surface area contributed by atoms with Crippen molar-refractivity contribution >= 4 is 22.8 Å². The molecule has 1 aliphatic rings. The number of imidazole rings is 1. The summed E-state index contributed by atoms with van der Waals surface area (Å²) in [4.78, 5) is 15.7. The Morgan fingerprint density at radius 3 is 2.56 bits per heavy atom. The smallest absolute Gasteiger partial charge is 0.180 e. The molecule has 0 amide bonds. The van der Waals surface area contributed by atoms with Crippen LogP contribution in [0.25, 0.3) is 16.9 Å². The van der Waals surface area contributed by atoms with E-state index < -0.39 is 0 Å². The van der Waals surface area contributed by atoms with Gasteiger partial charge in [0.25, 0.3) is 0 Å². The van der Waals surface area contributed by atoms with Gasteiger partial charge in [-0.05, 0) is 11.4 Å². The summed E-state index contributed by atoms with van der Waals surface area (Å²) in [5.74, 6) is 0.982. The maximum Gasteiger partial charge on any atom is 0.180 e. The molecule has 1 aromatic carbocycles. The summed E-state index contributed by atoms with van der Waals surface area (Å²) in [6, 6.07) is 14.7. The molecule has 5 nitrogen and oxygen atoms in total. The van der Waals surface area contributed by atoms with Crippen LogP contribution in [-0.2, 0) is 6.54 Å². The van der Waals surface area contributed by atoms with E-state index in [2.05, 4.69) is 61.0 Å². The highest BCUT2D eigenvalue weighted by molar-refractivity contribution is 7.09. The third kappa shape index (κ3) is 3.22. The lowest BCUT2D eigenvalue weighted by atomic mass is 10.2. The molecule has 27 heavy (non-hydrogen) atoms. The van der Waals surface area contributed by atoms with Gasteiger partial charge in [-0.3, -0.25) is 9.30 Å². The van der Waals surface area contributed by atoms with Crippen LogP contribution in [0.2, 0.25) is 0 Å². The molecule has 0 N–H and O–H groups in total. The third-order valence-corrected chi connectivity index (χ3v) is 5.97. The molecule has 0 atom stereocenters. The van der Waals surface area contributed by atoms with E-state index >= 15 is 0 Å². The average Bonchev–Trinajstić information content (AvgIpc) is 3.39. The number of thiophene rings is 1. The zero-order valence-electron chi connectivity index (χ0n) is 15.0. The molecule has 0 aliphatic carbocycles. The Morgan fingerprint density at radius 1 is 0.926 bits per heavy atom. The van der Waals surface area contributed by atoms with Crippen molar-refractivity contribution < 1.29 is 0 Å². The largest absolute Gasteiger partial charge is 0.351 e. The molecule has 136 valence electrons. The van der Waals surface area contributed by atoms with Crippen LogP contribution < -0.4 is 4.90 Å². The lowest BCUT2D eigenvalue weighted by Gasteiger charge is -2.35. The first-order valence-electron chi connectivity index (χ1n) is 9.26. The number of fused-ring (bicyclic) bond motifs is 1. The standard InChI is InChI=1S/C21H21N5S/c1-2-5-17(6-3-1)19-15-23-21-20(22-8-9-26(19)21)25-12-10-24(11-13-25)16-18-7-4-14-27-18/h1-9,14-15H,10-13,16H2. The molecule has 4 heterocycles. The van der Waals surface area contributed by atoms with E-state index in [4.69, 9.17) is 4.98 Å². The van der Waals surface area contributed by atoms with Crippen LogP contribution >= 0.6 is 11.3 Å². The maximum absolute atomic E-state index is 4.70. The van der Waals surface area contributed by atoms with Gasteiger partial charge in [0.15, 0.2) is 11.5 Å². The molecule has 3 aromatic heterocycles. The molecule has 4 aromatic rings. The minimum absolute atomic E-state index is 0.933. The van der Waals surface area contributed by atoms with Crippen molar-refractivity contribution in [2.75, 3.05) is 31.1 Å². The minimum Gasteiger partial charge on any atom is -0.351 e. The van der Waals surface area contributed by atoms with E-state index in [1.165, 1.54) is 10.4 Å². The van der Waals surface area contributed by atoms with Crippen LogP contribution in [0.4, 0.5) is 5.82 Å². The Balaban J connectivity index is 1.37. The van der Waals surface area contributed by atoms with Crippen LogP contribution in [-0.4, -0.2) is 45.4 Å². The second kappa shape index (κ2) is 7.13. The van der Waals surface area contributed by atoms with E-state index in [-0.39, 0.29) is 0 Å². The number of piperazine rings is 1. The van der Waals surface area contributed by atoms with Gasteiger partial charge in [-0.15, -0.1) is 11.3 Å². The van der Waals surface area contributed by atoms with Gasteiger partial charge in [0, 0.05) is 55.6 Å². The van der Waals surface area contributed by atoms with E-state index in [0.29, 0.717) is 0 Å². The normalized spacial score (nSPS) is 15.5. The number of hydrogen-bond acceptors (Lipinski definition) is 5. The first-order chi connectivity index (χ1) is 13.4. The van der Waals surface area contributed by atoms with Gasteiger partial charge in [0.05, 0.1) is 11.9 Å². The van der Waals surface area contributed by atoms with Gasteiger partial charge in [0.1, 0.15) is 0 Å². The lowest BCUT2D eigenvalue weighted by Crippen LogP contribution is -2.46. The van der Waals surface area contributed by atoms with Crippen molar-refractivity contribution in [3.05, 3.63) is 71.3 Å². The van der Waals surface area contributed by atoms with Crippen LogP contribution in [0, 0.1) is 0 Å². The molecular weight excluding hydrogens is 354 g/mol. The minimum atomic E-state index is 0.933. The summed E-state index contributed by atoms with van der Waals surface area (Å²) in [5.41, 5.74) is 3.21. The first-order valence-corrected chi connectivity index (χ1v) is 10.1. The monoisotopic (exact) mass is 375 g/mol. The highest BCUT2D eigenvalue weighted by atomic mass is 32.1. The van der Waals surface area contributed by atoms with Gasteiger partial charge in [-0.2, -0.15) is 0 Å². The molecule has 1 aliphatic heterocycles. The van der Waals surface area contributed by atoms with E-state index in [1.54, 1.807) is 0 Å². The fourth-order valence-electron chi connectivity index (χ4n) is 3.69. The number of nitrogens with zero attached hydrogens (tertiary/aromatic N) is 5. The number of benzene rings is 1. The molecule has 1 saturated heterocycles. The molecule has 0 bridgehead atoms. The van der Waals surface area contributed by atoms with E-state index in [1.807, 2.05) is 36.0 Å². The molecule has 0 spiro atoms. The predicted molar refractivity (Wildman–Crippen MR) is 110 cm³/mol. The topological polar surface area (TPSA) is 36.7 Å². The average molecular weight is 376 g/mol. The number of rotatable bonds is 4. The highest BCUT2D eigenvalue weighted by Gasteiger charge is 2.21. The molecule has 0 saturated carbocycles. The number of aromatic nitrogens is 3. The van der Waals surface area contributed by atoms with Gasteiger partial charge in [-0.25, -0.2) is 9.97 Å². The predicted octanol–water partition coefficient (Wildman–Crippen LogP) is 3.78. The molecule has 0 radical (unpaired) electrons. The van der Waals surface area contributed by atoms with Crippen LogP contribution in [0.15, 0.2) is 66.4 Å². The summed E-state index contributed by atoms with van der Waals surface area (Å²) in [6.45, 7) is 5.10.